The van der Waals surface area contributed by atoms with Gasteiger partial charge in [0.2, 0.25) is 5.89 Å². The molecule has 0 aliphatic carbocycles. The summed E-state index contributed by atoms with van der Waals surface area (Å²) < 4.78 is 4.80. The highest BCUT2D eigenvalue weighted by Crippen LogP contribution is 2.22. The molecular weight excluding hydrogens is 268 g/mol. The van der Waals surface area contributed by atoms with Crippen LogP contribution in [0.15, 0.2) is 29.0 Å². The summed E-state index contributed by atoms with van der Waals surface area (Å²) in [7, 11) is 0. The monoisotopic (exact) mass is 278 g/mol. The third-order valence-electron chi connectivity index (χ3n) is 2.50. The van der Waals surface area contributed by atoms with E-state index in [1.165, 1.54) is 18.5 Å². The maximum atomic E-state index is 11.0. The fourth-order valence-electron chi connectivity index (χ4n) is 1.60. The summed E-state index contributed by atoms with van der Waals surface area (Å²) >= 11 is 0. The Morgan fingerprint density at radius 3 is 2.90 bits per heavy atom. The third kappa shape index (κ3) is 3.07. The van der Waals surface area contributed by atoms with Crippen molar-refractivity contribution in [2.75, 3.05) is 11.9 Å². The fraction of sp³-hybridized carbons (Fsp3) is 0.182. The molecule has 2 N–H and O–H groups in total. The zero-order valence-corrected chi connectivity index (χ0v) is 10.1. The highest BCUT2D eigenvalue weighted by molar-refractivity contribution is 5.93. The predicted molar refractivity (Wildman–Crippen MR) is 66.5 cm³/mol. The van der Waals surface area contributed by atoms with Gasteiger partial charge in [0.15, 0.2) is 6.33 Å². The molecule has 0 spiro atoms. The van der Waals surface area contributed by atoms with Crippen LogP contribution in [0.1, 0.15) is 16.2 Å². The van der Waals surface area contributed by atoms with Gasteiger partial charge in [0.1, 0.15) is 5.56 Å². The summed E-state index contributed by atoms with van der Waals surface area (Å²) in [5.74, 6) is -0.907. The average molecular weight is 278 g/mol. The third-order valence-corrected chi connectivity index (χ3v) is 2.50. The summed E-state index contributed by atoms with van der Waals surface area (Å²) in [5.41, 5.74) is -0.342. The van der Waals surface area contributed by atoms with E-state index < -0.39 is 16.6 Å². The molecule has 0 aliphatic heterocycles. The first kappa shape index (κ1) is 13.5. The lowest BCUT2D eigenvalue weighted by molar-refractivity contribution is -0.385. The van der Waals surface area contributed by atoms with E-state index in [-0.39, 0.29) is 5.56 Å². The molecule has 0 amide bonds. The van der Waals surface area contributed by atoms with Crippen molar-refractivity contribution in [3.63, 3.8) is 0 Å². The van der Waals surface area contributed by atoms with E-state index in [2.05, 4.69) is 15.5 Å². The SMILES string of the molecule is O=C(O)c1cc(NCCc2ncno2)ccc1[N+](=O)[O-]. The van der Waals surface area contributed by atoms with Crippen molar-refractivity contribution in [3.8, 4) is 0 Å². The molecule has 0 aliphatic rings. The Balaban J connectivity index is 2.07. The molecule has 9 heteroatoms. The summed E-state index contributed by atoms with van der Waals surface area (Å²) in [6.45, 7) is 0.430. The van der Waals surface area contributed by atoms with Crippen LogP contribution in [0.2, 0.25) is 0 Å². The van der Waals surface area contributed by atoms with Crippen molar-refractivity contribution in [3.05, 3.63) is 46.1 Å². The molecule has 20 heavy (non-hydrogen) atoms. The number of aromatic nitrogens is 2. The number of aromatic carboxylic acids is 1. The number of nitrogens with zero attached hydrogens (tertiary/aromatic N) is 3. The van der Waals surface area contributed by atoms with Crippen molar-refractivity contribution in [2.45, 2.75) is 6.42 Å². The highest BCUT2D eigenvalue weighted by Gasteiger charge is 2.19. The van der Waals surface area contributed by atoms with Crippen LogP contribution in [0, 0.1) is 10.1 Å². The molecular formula is C11H10N4O5. The van der Waals surface area contributed by atoms with Gasteiger partial charge in [-0.2, -0.15) is 4.98 Å². The first-order chi connectivity index (χ1) is 9.58. The number of anilines is 1. The smallest absolute Gasteiger partial charge is 0.342 e. The fourth-order valence-corrected chi connectivity index (χ4v) is 1.60. The molecule has 0 saturated carbocycles. The normalized spacial score (nSPS) is 10.2. The van der Waals surface area contributed by atoms with Crippen LogP contribution in [0.5, 0.6) is 0 Å². The molecule has 1 aromatic heterocycles. The first-order valence-electron chi connectivity index (χ1n) is 5.59. The molecule has 104 valence electrons. The summed E-state index contributed by atoms with van der Waals surface area (Å²) in [6.07, 6.45) is 1.74. The Labute approximate surface area is 112 Å². The van der Waals surface area contributed by atoms with E-state index >= 15 is 0 Å². The standard InChI is InChI=1S/C11H10N4O5/c16-11(17)8-5-7(1-2-9(8)15(18)19)12-4-3-10-13-6-14-20-10/h1-2,5-6,12H,3-4H2,(H,16,17). The summed E-state index contributed by atoms with van der Waals surface area (Å²) in [5, 5.41) is 26.0. The minimum absolute atomic E-state index is 0.363. The Bertz CT molecular complexity index is 626. The number of carboxylic acids is 1. The second kappa shape index (κ2) is 5.78. The number of carbonyl (C=O) groups is 1. The minimum atomic E-state index is -1.35. The van der Waals surface area contributed by atoms with E-state index in [0.29, 0.717) is 24.5 Å². The maximum absolute atomic E-state index is 11.0. The second-order valence-electron chi connectivity index (χ2n) is 3.81. The lowest BCUT2D eigenvalue weighted by Gasteiger charge is -2.06. The van der Waals surface area contributed by atoms with E-state index in [1.807, 2.05) is 0 Å². The van der Waals surface area contributed by atoms with Gasteiger partial charge >= 0.3 is 5.97 Å². The van der Waals surface area contributed by atoms with Crippen LogP contribution in [0.25, 0.3) is 0 Å². The number of nitro groups is 1. The zero-order chi connectivity index (χ0) is 14.5. The molecule has 9 nitrogen and oxygen atoms in total. The molecule has 1 heterocycles. The van der Waals surface area contributed by atoms with Crippen LogP contribution in [0.4, 0.5) is 11.4 Å². The number of benzene rings is 1. The van der Waals surface area contributed by atoms with Crippen LogP contribution in [-0.2, 0) is 6.42 Å². The van der Waals surface area contributed by atoms with Crippen LogP contribution < -0.4 is 5.32 Å². The Hall–Kier alpha value is -2.97. The lowest BCUT2D eigenvalue weighted by atomic mass is 10.1. The molecule has 0 unspecified atom stereocenters. The van der Waals surface area contributed by atoms with Crippen molar-refractivity contribution in [1.29, 1.82) is 0 Å². The van der Waals surface area contributed by atoms with Gasteiger partial charge in [0, 0.05) is 24.7 Å². The van der Waals surface area contributed by atoms with E-state index in [4.69, 9.17) is 9.63 Å². The van der Waals surface area contributed by atoms with Crippen molar-refractivity contribution in [1.82, 2.24) is 10.1 Å². The van der Waals surface area contributed by atoms with Gasteiger partial charge in [-0.05, 0) is 12.1 Å². The number of nitro benzene ring substituents is 1. The summed E-state index contributed by atoms with van der Waals surface area (Å²) in [6, 6.07) is 3.81. The maximum Gasteiger partial charge on any atom is 0.342 e. The second-order valence-corrected chi connectivity index (χ2v) is 3.81. The molecule has 0 fully saturated rings. The van der Waals surface area contributed by atoms with Gasteiger partial charge in [0.25, 0.3) is 5.69 Å². The number of hydrogen-bond donors (Lipinski definition) is 2. The Morgan fingerprint density at radius 1 is 1.50 bits per heavy atom. The van der Waals surface area contributed by atoms with E-state index in [1.54, 1.807) is 0 Å². The van der Waals surface area contributed by atoms with Gasteiger partial charge in [-0.15, -0.1) is 0 Å². The van der Waals surface area contributed by atoms with Gasteiger partial charge in [-0.25, -0.2) is 4.79 Å². The molecule has 1 aromatic carbocycles. The molecule has 0 atom stereocenters. The predicted octanol–water partition coefficient (Wildman–Crippen LogP) is 1.33. The average Bonchev–Trinajstić information content (AvgIpc) is 2.91. The van der Waals surface area contributed by atoms with Gasteiger partial charge in [-0.1, -0.05) is 5.16 Å². The van der Waals surface area contributed by atoms with Crippen LogP contribution in [0.3, 0.4) is 0 Å². The molecule has 2 rings (SSSR count). The Morgan fingerprint density at radius 2 is 2.30 bits per heavy atom. The first-order valence-corrected chi connectivity index (χ1v) is 5.59. The van der Waals surface area contributed by atoms with Crippen molar-refractivity contribution < 1.29 is 19.3 Å². The molecule has 0 radical (unpaired) electrons. The zero-order valence-electron chi connectivity index (χ0n) is 10.1. The van der Waals surface area contributed by atoms with E-state index in [9.17, 15) is 14.9 Å². The lowest BCUT2D eigenvalue weighted by Crippen LogP contribution is -2.08. The molecule has 0 saturated heterocycles. The topological polar surface area (TPSA) is 131 Å². The number of carboxylic acid groups (broad SMARTS) is 1. The minimum Gasteiger partial charge on any atom is -0.477 e. The van der Waals surface area contributed by atoms with Gasteiger partial charge < -0.3 is 14.9 Å². The van der Waals surface area contributed by atoms with Crippen LogP contribution in [-0.4, -0.2) is 32.7 Å². The Kier molecular flexibility index (Phi) is 3.89. The van der Waals surface area contributed by atoms with Crippen molar-refractivity contribution >= 4 is 17.3 Å². The largest absolute Gasteiger partial charge is 0.477 e. The van der Waals surface area contributed by atoms with Crippen LogP contribution >= 0.6 is 0 Å². The van der Waals surface area contributed by atoms with Gasteiger partial charge in [0.05, 0.1) is 4.92 Å². The van der Waals surface area contributed by atoms with Gasteiger partial charge in [-0.3, -0.25) is 10.1 Å². The number of nitrogens with one attached hydrogen (secondary N) is 1. The number of hydrogen-bond acceptors (Lipinski definition) is 7. The highest BCUT2D eigenvalue weighted by atomic mass is 16.6. The van der Waals surface area contributed by atoms with Crippen molar-refractivity contribution in [2.24, 2.45) is 0 Å². The van der Waals surface area contributed by atoms with E-state index in [0.717, 1.165) is 6.07 Å². The molecule has 2 aromatic rings. The summed E-state index contributed by atoms with van der Waals surface area (Å²) in [4.78, 5) is 24.8. The number of rotatable bonds is 6. The molecule has 0 bridgehead atoms. The quantitative estimate of drug-likeness (QED) is 0.597.